The molecule has 0 radical (unpaired) electrons. The van der Waals surface area contributed by atoms with Crippen LogP contribution in [0.2, 0.25) is 0 Å². The van der Waals surface area contributed by atoms with Crippen LogP contribution in [0.5, 0.6) is 0 Å². The quantitative estimate of drug-likeness (QED) is 0.655. The summed E-state index contributed by atoms with van der Waals surface area (Å²) in [6.45, 7) is 2.52. The molecule has 2 unspecified atom stereocenters. The smallest absolute Gasteiger partial charge is 0.130 e. The Morgan fingerprint density at radius 3 is 3.18 bits per heavy atom. The van der Waals surface area contributed by atoms with E-state index in [0.717, 1.165) is 16.9 Å². The van der Waals surface area contributed by atoms with E-state index in [1.165, 1.54) is 32.4 Å². The Labute approximate surface area is 106 Å². The molecule has 0 saturated carbocycles. The number of nitrogens with one attached hydrogen (secondary N) is 1. The average Bonchev–Trinajstić information content (AvgIpc) is 2.94. The molecule has 1 aromatic rings. The van der Waals surface area contributed by atoms with Gasteiger partial charge in [-0.15, -0.1) is 11.8 Å². The van der Waals surface area contributed by atoms with Crippen molar-refractivity contribution in [3.05, 3.63) is 12.4 Å². The van der Waals surface area contributed by atoms with Gasteiger partial charge in [0.15, 0.2) is 0 Å². The molecule has 0 amide bonds. The van der Waals surface area contributed by atoms with Crippen LogP contribution in [-0.2, 0) is 0 Å². The van der Waals surface area contributed by atoms with Crippen molar-refractivity contribution in [1.29, 1.82) is 0 Å². The molecule has 3 rings (SSSR count). The van der Waals surface area contributed by atoms with Crippen molar-refractivity contribution in [3.8, 4) is 0 Å². The fourth-order valence-electron chi connectivity index (χ4n) is 2.97. The van der Waals surface area contributed by atoms with Crippen LogP contribution in [0.1, 0.15) is 19.3 Å². The number of hydrogen-bond donors (Lipinski definition) is 1. The molecule has 3 heterocycles. The molecule has 5 heteroatoms. The highest BCUT2D eigenvalue weighted by Crippen LogP contribution is 2.29. The number of fused-ring (bicyclic) bond motifs is 1. The van der Waals surface area contributed by atoms with Crippen molar-refractivity contribution in [2.45, 2.75) is 36.4 Å². The molecular formula is C12H18N4S. The number of rotatable bonds is 3. The third-order valence-electron chi connectivity index (χ3n) is 3.79. The molecule has 92 valence electrons. The Kier molecular flexibility index (Phi) is 3.20. The fourth-order valence-corrected chi connectivity index (χ4v) is 3.35. The van der Waals surface area contributed by atoms with Crippen LogP contribution < -0.4 is 5.32 Å². The number of hydrogen-bond acceptors (Lipinski definition) is 5. The van der Waals surface area contributed by atoms with Crippen molar-refractivity contribution in [2.24, 2.45) is 0 Å². The fraction of sp³-hybridized carbons (Fsp3) is 0.667. The van der Waals surface area contributed by atoms with E-state index in [1.807, 2.05) is 12.3 Å². The van der Waals surface area contributed by atoms with Gasteiger partial charge < -0.3 is 5.32 Å². The second-order valence-corrected chi connectivity index (χ2v) is 5.56. The van der Waals surface area contributed by atoms with Crippen LogP contribution in [0, 0.1) is 0 Å². The predicted octanol–water partition coefficient (Wildman–Crippen LogP) is 1.85. The Hall–Kier alpha value is -0.810. The van der Waals surface area contributed by atoms with Crippen LogP contribution in [0.15, 0.2) is 17.4 Å². The summed E-state index contributed by atoms with van der Waals surface area (Å²) >= 11 is 1.66. The van der Waals surface area contributed by atoms with Crippen molar-refractivity contribution in [1.82, 2.24) is 14.9 Å². The van der Waals surface area contributed by atoms with Gasteiger partial charge in [0.25, 0.3) is 0 Å². The summed E-state index contributed by atoms with van der Waals surface area (Å²) in [6, 6.07) is 3.34. The van der Waals surface area contributed by atoms with Crippen molar-refractivity contribution in [2.75, 3.05) is 24.7 Å². The summed E-state index contributed by atoms with van der Waals surface area (Å²) < 4.78 is 0. The Bertz CT molecular complexity index is 398. The van der Waals surface area contributed by atoms with Gasteiger partial charge in [0.2, 0.25) is 0 Å². The second kappa shape index (κ2) is 4.82. The number of anilines is 1. The highest BCUT2D eigenvalue weighted by molar-refractivity contribution is 7.98. The Balaban J connectivity index is 1.70. The summed E-state index contributed by atoms with van der Waals surface area (Å²) in [6.07, 6.45) is 7.61. The first-order valence-electron chi connectivity index (χ1n) is 6.23. The zero-order valence-corrected chi connectivity index (χ0v) is 10.9. The monoisotopic (exact) mass is 250 g/mol. The lowest BCUT2D eigenvalue weighted by molar-refractivity contribution is 0.318. The maximum Gasteiger partial charge on any atom is 0.130 e. The van der Waals surface area contributed by atoms with E-state index in [-0.39, 0.29) is 0 Å². The van der Waals surface area contributed by atoms with Crippen molar-refractivity contribution < 1.29 is 0 Å². The zero-order valence-electron chi connectivity index (χ0n) is 10.1. The largest absolute Gasteiger partial charge is 0.366 e. The molecule has 2 atom stereocenters. The maximum atomic E-state index is 4.31. The minimum Gasteiger partial charge on any atom is -0.366 e. The van der Waals surface area contributed by atoms with Gasteiger partial charge in [0.05, 0.1) is 0 Å². The van der Waals surface area contributed by atoms with Crippen LogP contribution in [0.4, 0.5) is 5.82 Å². The molecule has 1 aromatic heterocycles. The molecule has 0 aromatic carbocycles. The van der Waals surface area contributed by atoms with Crippen molar-refractivity contribution >= 4 is 17.6 Å². The van der Waals surface area contributed by atoms with E-state index in [9.17, 15) is 0 Å². The third kappa shape index (κ3) is 2.26. The Morgan fingerprint density at radius 1 is 1.35 bits per heavy atom. The minimum atomic E-state index is 0.571. The van der Waals surface area contributed by atoms with Crippen molar-refractivity contribution in [3.63, 3.8) is 0 Å². The van der Waals surface area contributed by atoms with Crippen LogP contribution in [0.3, 0.4) is 0 Å². The highest BCUT2D eigenvalue weighted by Gasteiger charge is 2.37. The van der Waals surface area contributed by atoms with Gasteiger partial charge in [0, 0.05) is 24.7 Å². The molecule has 17 heavy (non-hydrogen) atoms. The standard InChI is InChI=1S/C12H18N4S/c1-17-12-7-11(13-8-14-12)15-9-4-6-16-5-2-3-10(9)16/h7-10H,2-6H2,1H3,(H,13,14,15). The van der Waals surface area contributed by atoms with Crippen LogP contribution in [0.25, 0.3) is 0 Å². The summed E-state index contributed by atoms with van der Waals surface area (Å²) in [5.74, 6) is 0.975. The number of nitrogens with zero attached hydrogens (tertiary/aromatic N) is 3. The van der Waals surface area contributed by atoms with Crippen LogP contribution >= 0.6 is 11.8 Å². The molecule has 2 aliphatic rings. The lowest BCUT2D eigenvalue weighted by Gasteiger charge is -2.21. The van der Waals surface area contributed by atoms with Gasteiger partial charge in [-0.05, 0) is 32.1 Å². The van der Waals surface area contributed by atoms with E-state index in [4.69, 9.17) is 0 Å². The van der Waals surface area contributed by atoms with E-state index in [1.54, 1.807) is 18.1 Å². The van der Waals surface area contributed by atoms with Gasteiger partial charge in [0.1, 0.15) is 17.2 Å². The molecule has 0 aliphatic carbocycles. The summed E-state index contributed by atoms with van der Waals surface area (Å²) in [5, 5.41) is 4.61. The first kappa shape index (κ1) is 11.3. The van der Waals surface area contributed by atoms with E-state index < -0.39 is 0 Å². The molecule has 1 N–H and O–H groups in total. The van der Waals surface area contributed by atoms with E-state index in [2.05, 4.69) is 20.2 Å². The van der Waals surface area contributed by atoms with Gasteiger partial charge in [-0.1, -0.05) is 0 Å². The van der Waals surface area contributed by atoms with E-state index >= 15 is 0 Å². The first-order chi connectivity index (χ1) is 8.36. The first-order valence-corrected chi connectivity index (χ1v) is 7.46. The molecule has 0 bridgehead atoms. The second-order valence-electron chi connectivity index (χ2n) is 4.73. The maximum absolute atomic E-state index is 4.31. The van der Waals surface area contributed by atoms with Gasteiger partial charge in [-0.25, -0.2) is 9.97 Å². The molecule has 4 nitrogen and oxygen atoms in total. The van der Waals surface area contributed by atoms with E-state index in [0.29, 0.717) is 6.04 Å². The Morgan fingerprint density at radius 2 is 2.29 bits per heavy atom. The normalized spacial score (nSPS) is 28.3. The lowest BCUT2D eigenvalue weighted by atomic mass is 10.1. The summed E-state index contributed by atoms with van der Waals surface area (Å²) in [5.41, 5.74) is 0. The minimum absolute atomic E-state index is 0.571. The predicted molar refractivity (Wildman–Crippen MR) is 70.4 cm³/mol. The number of thioether (sulfide) groups is 1. The summed E-state index contributed by atoms with van der Waals surface area (Å²) in [4.78, 5) is 11.1. The molecule has 2 aliphatic heterocycles. The third-order valence-corrected chi connectivity index (χ3v) is 4.43. The SMILES string of the molecule is CSc1cc(NC2CCN3CCCC23)ncn1. The van der Waals surface area contributed by atoms with Crippen LogP contribution in [-0.4, -0.2) is 46.3 Å². The van der Waals surface area contributed by atoms with Gasteiger partial charge >= 0.3 is 0 Å². The average molecular weight is 250 g/mol. The lowest BCUT2D eigenvalue weighted by Crippen LogP contribution is -2.34. The molecule has 2 saturated heterocycles. The topological polar surface area (TPSA) is 41.0 Å². The summed E-state index contributed by atoms with van der Waals surface area (Å²) in [7, 11) is 0. The zero-order chi connectivity index (χ0) is 11.7. The van der Waals surface area contributed by atoms with Gasteiger partial charge in [-0.3, -0.25) is 4.90 Å². The highest BCUT2D eigenvalue weighted by atomic mass is 32.2. The molecule has 2 fully saturated rings. The molecular weight excluding hydrogens is 232 g/mol. The number of aromatic nitrogens is 2. The van der Waals surface area contributed by atoms with Gasteiger partial charge in [-0.2, -0.15) is 0 Å². The molecule has 0 spiro atoms.